The minimum absolute atomic E-state index is 0.696. The van der Waals surface area contributed by atoms with Crippen molar-refractivity contribution in [3.8, 4) is 5.75 Å². The predicted octanol–water partition coefficient (Wildman–Crippen LogP) is 3.12. The van der Waals surface area contributed by atoms with Gasteiger partial charge in [0.15, 0.2) is 0 Å². The van der Waals surface area contributed by atoms with Crippen LogP contribution < -0.4 is 4.74 Å². The van der Waals surface area contributed by atoms with E-state index in [-0.39, 0.29) is 0 Å². The molecule has 1 rings (SSSR count). The molecule has 0 aliphatic rings. The third kappa shape index (κ3) is 2.51. The summed E-state index contributed by atoms with van der Waals surface area (Å²) in [4.78, 5) is 0.872. The van der Waals surface area contributed by atoms with Crippen LogP contribution in [0.25, 0.3) is 0 Å². The third-order valence-electron chi connectivity index (χ3n) is 1.78. The Morgan fingerprint density at radius 1 is 1.54 bits per heavy atom. The molecule has 13 heavy (non-hydrogen) atoms. The topological polar surface area (TPSA) is 9.23 Å². The molecule has 0 unspecified atom stereocenters. The standard InChI is InChI=1S/C10H11BrOS/c1-7-3-4-8(10(13)6-11)9(5-7)12-2/h3-5H,6H2,1-2H3. The fourth-order valence-electron chi connectivity index (χ4n) is 1.10. The molecule has 1 aromatic carbocycles. The Morgan fingerprint density at radius 2 is 2.23 bits per heavy atom. The summed E-state index contributed by atoms with van der Waals surface area (Å²) < 4.78 is 5.24. The molecule has 0 aliphatic carbocycles. The second kappa shape index (κ2) is 4.72. The highest BCUT2D eigenvalue weighted by molar-refractivity contribution is 9.09. The number of alkyl halides is 1. The quantitative estimate of drug-likeness (QED) is 0.468. The van der Waals surface area contributed by atoms with Crippen molar-refractivity contribution in [2.75, 3.05) is 12.4 Å². The number of hydrogen-bond donors (Lipinski definition) is 0. The van der Waals surface area contributed by atoms with Crippen LogP contribution in [0.15, 0.2) is 18.2 Å². The van der Waals surface area contributed by atoms with E-state index in [9.17, 15) is 0 Å². The highest BCUT2D eigenvalue weighted by atomic mass is 79.9. The average Bonchev–Trinajstić information content (AvgIpc) is 2.16. The monoisotopic (exact) mass is 258 g/mol. The fourth-order valence-corrected chi connectivity index (χ4v) is 1.57. The highest BCUT2D eigenvalue weighted by Crippen LogP contribution is 2.21. The van der Waals surface area contributed by atoms with Gasteiger partial charge in [-0.25, -0.2) is 0 Å². The Bertz CT molecular complexity index is 323. The second-order valence-corrected chi connectivity index (χ2v) is 3.81. The maximum atomic E-state index is 5.24. The van der Waals surface area contributed by atoms with E-state index < -0.39 is 0 Å². The van der Waals surface area contributed by atoms with Crippen molar-refractivity contribution in [2.45, 2.75) is 6.92 Å². The molecule has 0 radical (unpaired) electrons. The van der Waals surface area contributed by atoms with Gasteiger partial charge in [0.2, 0.25) is 0 Å². The average molecular weight is 259 g/mol. The Morgan fingerprint density at radius 3 is 2.77 bits per heavy atom. The largest absolute Gasteiger partial charge is 0.496 e. The summed E-state index contributed by atoms with van der Waals surface area (Å²) in [5.41, 5.74) is 2.18. The van der Waals surface area contributed by atoms with E-state index in [1.54, 1.807) is 7.11 Å². The van der Waals surface area contributed by atoms with Gasteiger partial charge in [-0.15, -0.1) is 0 Å². The molecular weight excluding hydrogens is 248 g/mol. The lowest BCUT2D eigenvalue weighted by Crippen LogP contribution is -2.01. The van der Waals surface area contributed by atoms with Gasteiger partial charge in [0.05, 0.1) is 7.11 Å². The van der Waals surface area contributed by atoms with Crippen LogP contribution >= 0.6 is 28.1 Å². The van der Waals surface area contributed by atoms with Gasteiger partial charge >= 0.3 is 0 Å². The first kappa shape index (κ1) is 10.7. The van der Waals surface area contributed by atoms with E-state index in [2.05, 4.69) is 15.9 Å². The molecule has 0 fully saturated rings. The van der Waals surface area contributed by atoms with Crippen LogP contribution in [0, 0.1) is 6.92 Å². The lowest BCUT2D eigenvalue weighted by atomic mass is 10.1. The van der Waals surface area contributed by atoms with Crippen molar-refractivity contribution in [3.63, 3.8) is 0 Å². The van der Waals surface area contributed by atoms with Gasteiger partial charge in [-0.2, -0.15) is 0 Å². The van der Waals surface area contributed by atoms with Crippen LogP contribution in [-0.4, -0.2) is 17.3 Å². The molecule has 3 heteroatoms. The number of rotatable bonds is 3. The Labute approximate surface area is 92.2 Å². The van der Waals surface area contributed by atoms with Crippen molar-refractivity contribution in [2.24, 2.45) is 0 Å². The van der Waals surface area contributed by atoms with Gasteiger partial charge in [0, 0.05) is 15.8 Å². The summed E-state index contributed by atoms with van der Waals surface area (Å²) in [6, 6.07) is 6.02. The molecule has 0 bridgehead atoms. The number of hydrogen-bond acceptors (Lipinski definition) is 2. The summed E-state index contributed by atoms with van der Waals surface area (Å²) in [6.07, 6.45) is 0. The van der Waals surface area contributed by atoms with Gasteiger partial charge in [-0.05, 0) is 24.6 Å². The lowest BCUT2D eigenvalue weighted by molar-refractivity contribution is 0.414. The predicted molar refractivity (Wildman–Crippen MR) is 63.2 cm³/mol. The molecular formula is C10H11BrOS. The SMILES string of the molecule is COc1cc(C)ccc1C(=S)CBr. The van der Waals surface area contributed by atoms with Crippen LogP contribution in [0.5, 0.6) is 5.75 Å². The van der Waals surface area contributed by atoms with Crippen LogP contribution in [0.2, 0.25) is 0 Å². The first-order valence-electron chi connectivity index (χ1n) is 3.93. The summed E-state index contributed by atoms with van der Waals surface area (Å²) in [5, 5.41) is 0.696. The number of halogens is 1. The normalized spacial score (nSPS) is 9.77. The first-order chi connectivity index (χ1) is 6.19. The van der Waals surface area contributed by atoms with Gasteiger partial charge in [-0.1, -0.05) is 34.2 Å². The van der Waals surface area contributed by atoms with Crippen molar-refractivity contribution < 1.29 is 4.74 Å². The fraction of sp³-hybridized carbons (Fsp3) is 0.300. The molecule has 0 spiro atoms. The Kier molecular flexibility index (Phi) is 3.88. The maximum absolute atomic E-state index is 5.24. The number of methoxy groups -OCH3 is 1. The molecule has 0 heterocycles. The summed E-state index contributed by atoms with van der Waals surface area (Å²) in [6.45, 7) is 2.03. The van der Waals surface area contributed by atoms with Crippen LogP contribution in [-0.2, 0) is 0 Å². The Balaban J connectivity index is 3.13. The van der Waals surface area contributed by atoms with Crippen LogP contribution in [0.1, 0.15) is 11.1 Å². The van der Waals surface area contributed by atoms with Gasteiger partial charge in [-0.3, -0.25) is 0 Å². The second-order valence-electron chi connectivity index (χ2n) is 2.76. The van der Waals surface area contributed by atoms with Crippen LogP contribution in [0.3, 0.4) is 0 Å². The molecule has 1 nitrogen and oxygen atoms in total. The van der Waals surface area contributed by atoms with E-state index in [1.165, 1.54) is 5.56 Å². The summed E-state index contributed by atoms with van der Waals surface area (Å²) in [5.74, 6) is 0.851. The van der Waals surface area contributed by atoms with Gasteiger partial charge < -0.3 is 4.74 Å². The van der Waals surface area contributed by atoms with E-state index in [1.807, 2.05) is 25.1 Å². The number of ether oxygens (including phenoxy) is 1. The minimum atomic E-state index is 0.696. The zero-order chi connectivity index (χ0) is 9.84. The summed E-state index contributed by atoms with van der Waals surface area (Å²) >= 11 is 8.53. The number of aryl methyl sites for hydroxylation is 1. The third-order valence-corrected chi connectivity index (χ3v) is 3.07. The molecule has 0 atom stereocenters. The zero-order valence-corrected chi connectivity index (χ0v) is 10.0. The van der Waals surface area contributed by atoms with Crippen molar-refractivity contribution >= 4 is 33.0 Å². The zero-order valence-electron chi connectivity index (χ0n) is 7.63. The van der Waals surface area contributed by atoms with Gasteiger partial charge in [0.1, 0.15) is 5.75 Å². The summed E-state index contributed by atoms with van der Waals surface area (Å²) in [7, 11) is 1.66. The first-order valence-corrected chi connectivity index (χ1v) is 5.46. The maximum Gasteiger partial charge on any atom is 0.127 e. The van der Waals surface area contributed by atoms with Crippen molar-refractivity contribution in [1.29, 1.82) is 0 Å². The Hall–Kier alpha value is -0.410. The van der Waals surface area contributed by atoms with Crippen LogP contribution in [0.4, 0.5) is 0 Å². The molecule has 0 N–H and O–H groups in total. The molecule has 0 aliphatic heterocycles. The van der Waals surface area contributed by atoms with Crippen molar-refractivity contribution in [3.05, 3.63) is 29.3 Å². The molecule has 0 saturated carbocycles. The van der Waals surface area contributed by atoms with E-state index >= 15 is 0 Å². The molecule has 1 aromatic rings. The smallest absolute Gasteiger partial charge is 0.127 e. The van der Waals surface area contributed by atoms with E-state index in [0.717, 1.165) is 16.2 Å². The molecule has 70 valence electrons. The van der Waals surface area contributed by atoms with Crippen molar-refractivity contribution in [1.82, 2.24) is 0 Å². The van der Waals surface area contributed by atoms with E-state index in [0.29, 0.717) is 5.33 Å². The highest BCUT2D eigenvalue weighted by Gasteiger charge is 2.06. The number of benzene rings is 1. The molecule has 0 aromatic heterocycles. The minimum Gasteiger partial charge on any atom is -0.496 e. The van der Waals surface area contributed by atoms with E-state index in [4.69, 9.17) is 17.0 Å². The molecule has 0 saturated heterocycles. The lowest BCUT2D eigenvalue weighted by Gasteiger charge is -2.08. The van der Waals surface area contributed by atoms with Gasteiger partial charge in [0.25, 0.3) is 0 Å². The molecule has 0 amide bonds. The number of thiocarbonyl (C=S) groups is 1.